The van der Waals surface area contributed by atoms with E-state index in [0.29, 0.717) is 21.8 Å². The average molecular weight is 439 g/mol. The highest BCUT2D eigenvalue weighted by molar-refractivity contribution is 9.10. The van der Waals surface area contributed by atoms with E-state index in [1.54, 1.807) is 12.1 Å². The number of nitrogens with one attached hydrogen (secondary N) is 1. The van der Waals surface area contributed by atoms with Gasteiger partial charge >= 0.3 is 0 Å². The first-order chi connectivity index (χ1) is 12.0. The van der Waals surface area contributed by atoms with Crippen LogP contribution < -0.4 is 5.32 Å². The van der Waals surface area contributed by atoms with Gasteiger partial charge in [0, 0.05) is 10.0 Å². The van der Waals surface area contributed by atoms with Crippen molar-refractivity contribution in [2.24, 2.45) is 0 Å². The number of carbonyl (C=O) groups excluding carboxylic acids is 1. The molecule has 0 unspecified atom stereocenters. The maximum atomic E-state index is 12.1. The van der Waals surface area contributed by atoms with E-state index in [9.17, 15) is 4.79 Å². The van der Waals surface area contributed by atoms with Crippen LogP contribution in [0.1, 0.15) is 5.56 Å². The van der Waals surface area contributed by atoms with E-state index in [4.69, 9.17) is 16.0 Å². The highest BCUT2D eigenvalue weighted by Crippen LogP contribution is 2.26. The summed E-state index contributed by atoms with van der Waals surface area (Å²) in [5.74, 6) is 0.364. The lowest BCUT2D eigenvalue weighted by atomic mass is 10.2. The Morgan fingerprint density at radius 1 is 1.24 bits per heavy atom. The molecule has 0 bridgehead atoms. The number of aromatic nitrogens is 2. The molecule has 0 aliphatic heterocycles. The van der Waals surface area contributed by atoms with E-state index < -0.39 is 0 Å². The molecule has 0 aliphatic carbocycles. The number of halogens is 2. The number of anilines is 1. The number of rotatable bonds is 5. The predicted molar refractivity (Wildman–Crippen MR) is 103 cm³/mol. The van der Waals surface area contributed by atoms with Crippen molar-refractivity contribution in [3.05, 3.63) is 57.5 Å². The third kappa shape index (κ3) is 4.84. The Morgan fingerprint density at radius 3 is 2.72 bits per heavy atom. The Kier molecular flexibility index (Phi) is 5.78. The van der Waals surface area contributed by atoms with E-state index in [-0.39, 0.29) is 11.7 Å². The SMILES string of the molecule is Cc1ccc(NC(=O)CSc2nnc(-c3ccc(Br)cc3)o2)c(Cl)c1. The molecule has 8 heteroatoms. The maximum absolute atomic E-state index is 12.1. The first-order valence-corrected chi connectivity index (χ1v) is 9.45. The second-order valence-corrected chi connectivity index (χ2v) is 7.45. The third-order valence-electron chi connectivity index (χ3n) is 3.22. The molecule has 1 N–H and O–H groups in total. The molecule has 0 saturated carbocycles. The molecule has 128 valence electrons. The molecular weight excluding hydrogens is 426 g/mol. The van der Waals surface area contributed by atoms with Crippen LogP contribution in [0.15, 0.2) is 56.6 Å². The summed E-state index contributed by atoms with van der Waals surface area (Å²) in [6.07, 6.45) is 0. The van der Waals surface area contributed by atoms with Crippen LogP contribution in [0, 0.1) is 6.92 Å². The molecule has 0 fully saturated rings. The fraction of sp³-hybridized carbons (Fsp3) is 0.118. The Balaban J connectivity index is 1.58. The Morgan fingerprint density at radius 2 is 2.00 bits per heavy atom. The molecule has 0 radical (unpaired) electrons. The van der Waals surface area contributed by atoms with Crippen LogP contribution in [0.4, 0.5) is 5.69 Å². The van der Waals surface area contributed by atoms with E-state index in [2.05, 4.69) is 31.4 Å². The smallest absolute Gasteiger partial charge is 0.277 e. The van der Waals surface area contributed by atoms with Crippen LogP contribution in [0.5, 0.6) is 0 Å². The van der Waals surface area contributed by atoms with Gasteiger partial charge in [-0.1, -0.05) is 45.4 Å². The molecule has 1 amide bonds. The van der Waals surface area contributed by atoms with Gasteiger partial charge in [-0.25, -0.2) is 0 Å². The van der Waals surface area contributed by atoms with Gasteiger partial charge in [-0.3, -0.25) is 4.79 Å². The zero-order chi connectivity index (χ0) is 17.8. The van der Waals surface area contributed by atoms with Gasteiger partial charge in [-0.05, 0) is 48.9 Å². The van der Waals surface area contributed by atoms with Crippen molar-refractivity contribution < 1.29 is 9.21 Å². The number of nitrogens with zero attached hydrogens (tertiary/aromatic N) is 2. The summed E-state index contributed by atoms with van der Waals surface area (Å²) < 4.78 is 6.54. The third-order valence-corrected chi connectivity index (χ3v) is 4.88. The van der Waals surface area contributed by atoms with Gasteiger partial charge < -0.3 is 9.73 Å². The van der Waals surface area contributed by atoms with Gasteiger partial charge in [0.15, 0.2) is 0 Å². The van der Waals surface area contributed by atoms with Gasteiger partial charge in [0.2, 0.25) is 11.8 Å². The standard InChI is InChI=1S/C17H13BrClN3O2S/c1-10-2-7-14(13(19)8-10)20-15(23)9-25-17-22-21-16(24-17)11-3-5-12(18)6-4-11/h2-8H,9H2,1H3,(H,20,23). The van der Waals surface area contributed by atoms with Gasteiger partial charge in [0.05, 0.1) is 16.5 Å². The summed E-state index contributed by atoms with van der Waals surface area (Å²) in [7, 11) is 0. The Labute approximate surface area is 162 Å². The van der Waals surface area contributed by atoms with Crippen molar-refractivity contribution in [2.75, 3.05) is 11.1 Å². The zero-order valence-electron chi connectivity index (χ0n) is 13.1. The number of thioether (sulfide) groups is 1. The molecule has 3 rings (SSSR count). The van der Waals surface area contributed by atoms with Crippen LogP contribution >= 0.6 is 39.3 Å². The predicted octanol–water partition coefficient (Wildman–Crippen LogP) is 5.19. The lowest BCUT2D eigenvalue weighted by Crippen LogP contribution is -2.14. The molecule has 3 aromatic rings. The highest BCUT2D eigenvalue weighted by Gasteiger charge is 2.12. The molecule has 0 atom stereocenters. The molecular formula is C17H13BrClN3O2S. The van der Waals surface area contributed by atoms with Gasteiger partial charge in [-0.2, -0.15) is 0 Å². The quantitative estimate of drug-likeness (QED) is 0.555. The van der Waals surface area contributed by atoms with Crippen LogP contribution in [0.3, 0.4) is 0 Å². The van der Waals surface area contributed by atoms with Crippen LogP contribution in [-0.4, -0.2) is 21.9 Å². The number of carbonyl (C=O) groups is 1. The maximum Gasteiger partial charge on any atom is 0.277 e. The monoisotopic (exact) mass is 437 g/mol. The van der Waals surface area contributed by atoms with Crippen molar-refractivity contribution in [3.63, 3.8) is 0 Å². The summed E-state index contributed by atoms with van der Waals surface area (Å²) >= 11 is 10.7. The first kappa shape index (κ1) is 18.0. The molecule has 0 spiro atoms. The summed E-state index contributed by atoms with van der Waals surface area (Å²) in [6.45, 7) is 1.94. The Hall–Kier alpha value is -1.83. The summed E-state index contributed by atoms with van der Waals surface area (Å²) in [5, 5.41) is 11.6. The molecule has 0 saturated heterocycles. The lowest BCUT2D eigenvalue weighted by molar-refractivity contribution is -0.113. The van der Waals surface area contributed by atoms with Crippen LogP contribution in [0.25, 0.3) is 11.5 Å². The van der Waals surface area contributed by atoms with Crippen molar-refractivity contribution >= 4 is 50.9 Å². The van der Waals surface area contributed by atoms with E-state index >= 15 is 0 Å². The van der Waals surface area contributed by atoms with Gasteiger partial charge in [-0.15, -0.1) is 10.2 Å². The van der Waals surface area contributed by atoms with Crippen LogP contribution in [-0.2, 0) is 4.79 Å². The molecule has 25 heavy (non-hydrogen) atoms. The minimum Gasteiger partial charge on any atom is -0.411 e. The van der Waals surface area contributed by atoms with Crippen LogP contribution in [0.2, 0.25) is 5.02 Å². The number of hydrogen-bond acceptors (Lipinski definition) is 5. The van der Waals surface area contributed by atoms with Crippen molar-refractivity contribution in [2.45, 2.75) is 12.1 Å². The zero-order valence-corrected chi connectivity index (χ0v) is 16.3. The topological polar surface area (TPSA) is 68.0 Å². The van der Waals surface area contributed by atoms with Gasteiger partial charge in [0.1, 0.15) is 0 Å². The molecule has 0 aliphatic rings. The second kappa shape index (κ2) is 8.03. The minimum atomic E-state index is -0.195. The Bertz CT molecular complexity index is 899. The van der Waals surface area contributed by atoms with Crippen molar-refractivity contribution in [3.8, 4) is 11.5 Å². The molecule has 5 nitrogen and oxygen atoms in total. The number of hydrogen-bond donors (Lipinski definition) is 1. The largest absolute Gasteiger partial charge is 0.411 e. The summed E-state index contributed by atoms with van der Waals surface area (Å²) in [5.41, 5.74) is 2.43. The van der Waals surface area contributed by atoms with E-state index in [1.807, 2.05) is 37.3 Å². The second-order valence-electron chi connectivity index (χ2n) is 5.20. The van der Waals surface area contributed by atoms with E-state index in [0.717, 1.165) is 15.6 Å². The number of benzene rings is 2. The fourth-order valence-corrected chi connectivity index (χ4v) is 3.12. The lowest BCUT2D eigenvalue weighted by Gasteiger charge is -2.06. The minimum absolute atomic E-state index is 0.145. The highest BCUT2D eigenvalue weighted by atomic mass is 79.9. The molecule has 1 heterocycles. The molecule has 1 aromatic heterocycles. The van der Waals surface area contributed by atoms with Crippen molar-refractivity contribution in [1.82, 2.24) is 10.2 Å². The number of aryl methyl sites for hydroxylation is 1. The summed E-state index contributed by atoms with van der Waals surface area (Å²) in [6, 6.07) is 13.0. The van der Waals surface area contributed by atoms with Gasteiger partial charge in [0.25, 0.3) is 5.22 Å². The average Bonchev–Trinajstić information content (AvgIpc) is 3.05. The first-order valence-electron chi connectivity index (χ1n) is 7.29. The van der Waals surface area contributed by atoms with Crippen molar-refractivity contribution in [1.29, 1.82) is 0 Å². The normalized spacial score (nSPS) is 10.7. The summed E-state index contributed by atoms with van der Waals surface area (Å²) in [4.78, 5) is 12.1. The molecule has 2 aromatic carbocycles. The fourth-order valence-electron chi connectivity index (χ4n) is 2.01. The van der Waals surface area contributed by atoms with E-state index in [1.165, 1.54) is 11.8 Å². The number of amides is 1.